The molecule has 3 saturated carbocycles. The van der Waals surface area contributed by atoms with Crippen molar-refractivity contribution in [3.8, 4) is 0 Å². The molecule has 0 bridgehead atoms. The van der Waals surface area contributed by atoms with Crippen LogP contribution in [0.2, 0.25) is 5.02 Å². The van der Waals surface area contributed by atoms with Crippen LogP contribution in [0, 0.1) is 23.7 Å². The summed E-state index contributed by atoms with van der Waals surface area (Å²) in [4.78, 5) is 190. The molecule has 6 rings (SSSR count). The highest BCUT2D eigenvalue weighted by Gasteiger charge is 2.51. The van der Waals surface area contributed by atoms with Gasteiger partial charge in [0.1, 0.15) is 47.8 Å². The van der Waals surface area contributed by atoms with Crippen LogP contribution in [-0.2, 0) is 70.1 Å². The van der Waals surface area contributed by atoms with Gasteiger partial charge in [-0.15, -0.1) is 0 Å². The molecular formula is C72H112ClF3N12O13. The highest BCUT2D eigenvalue weighted by Crippen LogP contribution is 2.38. The van der Waals surface area contributed by atoms with Crippen LogP contribution in [0.15, 0.2) is 18.2 Å². The van der Waals surface area contributed by atoms with E-state index < -0.39 is 180 Å². The number of benzene rings is 1. The predicted octanol–water partition coefficient (Wildman–Crippen LogP) is 5.25. The normalized spacial score (nSPS) is 26.3. The molecule has 0 radical (unpaired) electrons. The number of rotatable bonds is 12. The van der Waals surface area contributed by atoms with Crippen molar-refractivity contribution in [3.63, 3.8) is 0 Å². The van der Waals surface area contributed by atoms with E-state index in [9.17, 15) is 51.8 Å². The average molecular weight is 1450 g/mol. The summed E-state index contributed by atoms with van der Waals surface area (Å²) in [5, 5.41) is 18.9. The Bertz CT molecular complexity index is 3100. The van der Waals surface area contributed by atoms with E-state index in [4.69, 9.17) is 11.6 Å². The molecule has 2 saturated heterocycles. The van der Waals surface area contributed by atoms with Crippen LogP contribution in [0.3, 0.4) is 0 Å². The van der Waals surface area contributed by atoms with Crippen LogP contribution in [0.4, 0.5) is 13.2 Å². The maximum absolute atomic E-state index is 15.8. The maximum Gasteiger partial charge on any atom is 0.417 e. The Balaban J connectivity index is 1.44. The fourth-order valence-electron chi connectivity index (χ4n) is 15.1. The highest BCUT2D eigenvalue weighted by atomic mass is 35.5. The Morgan fingerprint density at radius 2 is 1.20 bits per heavy atom. The van der Waals surface area contributed by atoms with Gasteiger partial charge in [0, 0.05) is 69.5 Å². The molecule has 5 fully saturated rings. The second-order valence-corrected chi connectivity index (χ2v) is 30.0. The number of carbonyl (C=O) groups is 12. The molecule has 101 heavy (non-hydrogen) atoms. The number of halogens is 4. The van der Waals surface area contributed by atoms with Crippen LogP contribution >= 0.6 is 11.6 Å². The summed E-state index contributed by atoms with van der Waals surface area (Å²) in [6.07, 6.45) is 5.63. The number of hydrogen-bond donors (Lipinski definition) is 4. The fraction of sp³-hybridized carbons (Fsp3) is 0.750. The van der Waals surface area contributed by atoms with E-state index in [-0.39, 0.29) is 55.9 Å². The van der Waals surface area contributed by atoms with Crippen molar-refractivity contribution in [1.29, 1.82) is 0 Å². The zero-order valence-electron chi connectivity index (χ0n) is 61.5. The third-order valence-electron chi connectivity index (χ3n) is 21.8. The first kappa shape index (κ1) is 82.9. The van der Waals surface area contributed by atoms with E-state index in [1.807, 2.05) is 20.8 Å². The Morgan fingerprint density at radius 3 is 1.77 bits per heavy atom. The number of aliphatic hydroxyl groups is 1. The molecule has 4 N–H and O–H groups in total. The van der Waals surface area contributed by atoms with Crippen molar-refractivity contribution in [2.75, 3.05) is 95.7 Å². The van der Waals surface area contributed by atoms with Crippen LogP contribution < -0.4 is 16.0 Å². The lowest BCUT2D eigenvalue weighted by atomic mass is 9.81. The van der Waals surface area contributed by atoms with Gasteiger partial charge >= 0.3 is 6.18 Å². The third-order valence-corrected chi connectivity index (χ3v) is 22.1. The Morgan fingerprint density at radius 1 is 0.624 bits per heavy atom. The zero-order chi connectivity index (χ0) is 75.0. The first-order chi connectivity index (χ1) is 47.6. The standard InChI is InChI=1S/C72H112ClF3N12O13/c1-13-46(4)61-68(99)82(7)42-59(92)80(5)43-60(93)84(9)54(39-47-25-17-14-18-26-47)66(97)81(6)41-57(90)77-52(32-30-48-29-31-50(51(73)38-48)72(74,75)76)65(96)86(11)56(44-89)64(95)79-71(33-21-22-34-71)70(101)87(12)62(49-27-19-15-20-28-49)69(100)85(10)55(67(98)88-35-23-16-24-36-88)40-58(91)83(8)53(37-45(2)3)63(94)78-61/h29,31,38,45-47,49,52-56,61-62,89H,13-28,30,32-37,39-44H2,1-12H3,(H,77,90)(H,78,94)(H,79,95)/t46-,52-,53-,54-,55-,56+,61-,62-/m0/s1. The van der Waals surface area contributed by atoms with Crippen molar-refractivity contribution in [2.45, 2.75) is 229 Å². The molecule has 8 atom stereocenters. The van der Waals surface area contributed by atoms with Crippen LogP contribution in [0.1, 0.15) is 180 Å². The molecule has 0 aromatic heterocycles. The number of alkyl halides is 3. The minimum absolute atomic E-state index is 0.00644. The van der Waals surface area contributed by atoms with E-state index in [1.54, 1.807) is 11.8 Å². The summed E-state index contributed by atoms with van der Waals surface area (Å²) >= 11 is 6.12. The molecule has 0 unspecified atom stereocenters. The van der Waals surface area contributed by atoms with Crippen molar-refractivity contribution < 1.29 is 75.8 Å². The molecule has 2 heterocycles. The molecule has 5 aliphatic rings. The lowest BCUT2D eigenvalue weighted by Gasteiger charge is -2.43. The molecule has 566 valence electrons. The first-order valence-corrected chi connectivity index (χ1v) is 36.7. The van der Waals surface area contributed by atoms with Crippen LogP contribution in [-0.4, -0.2) is 264 Å². The molecule has 12 amide bonds. The summed E-state index contributed by atoms with van der Waals surface area (Å²) in [7, 11) is 11.0. The van der Waals surface area contributed by atoms with Crippen molar-refractivity contribution >= 4 is 82.5 Å². The van der Waals surface area contributed by atoms with Gasteiger partial charge in [-0.3, -0.25) is 57.5 Å². The second-order valence-electron chi connectivity index (χ2n) is 29.6. The zero-order valence-corrected chi connectivity index (χ0v) is 62.2. The molecular weight excluding hydrogens is 1330 g/mol. The smallest absolute Gasteiger partial charge is 0.394 e. The number of amides is 12. The summed E-state index contributed by atoms with van der Waals surface area (Å²) in [6, 6.07) is -6.54. The number of likely N-dealkylation sites (N-methyl/N-ethyl adjacent to an activating group) is 8. The van der Waals surface area contributed by atoms with Crippen LogP contribution in [0.25, 0.3) is 0 Å². The number of hydrogen-bond acceptors (Lipinski definition) is 13. The van der Waals surface area contributed by atoms with Gasteiger partial charge in [-0.2, -0.15) is 13.2 Å². The van der Waals surface area contributed by atoms with Gasteiger partial charge in [-0.25, -0.2) is 0 Å². The monoisotopic (exact) mass is 1440 g/mol. The molecule has 1 spiro atoms. The van der Waals surface area contributed by atoms with Gasteiger partial charge in [-0.1, -0.05) is 116 Å². The van der Waals surface area contributed by atoms with Crippen molar-refractivity contribution in [1.82, 2.24) is 60.0 Å². The van der Waals surface area contributed by atoms with Crippen LogP contribution in [0.5, 0.6) is 0 Å². The number of piperidine rings is 1. The maximum atomic E-state index is 15.8. The minimum Gasteiger partial charge on any atom is -0.394 e. The van der Waals surface area contributed by atoms with E-state index in [2.05, 4.69) is 16.0 Å². The number of carbonyl (C=O) groups excluding carboxylic acids is 12. The summed E-state index contributed by atoms with van der Waals surface area (Å²) in [5.74, 6) is -9.74. The second kappa shape index (κ2) is 37.4. The Labute approximate surface area is 599 Å². The quantitative estimate of drug-likeness (QED) is 0.208. The number of nitrogens with zero attached hydrogens (tertiary/aromatic N) is 9. The molecule has 25 nitrogen and oxygen atoms in total. The summed E-state index contributed by atoms with van der Waals surface area (Å²) in [5.41, 5.74) is -2.58. The highest BCUT2D eigenvalue weighted by molar-refractivity contribution is 6.31. The Hall–Kier alpha value is -7.10. The van der Waals surface area contributed by atoms with Gasteiger partial charge in [0.05, 0.1) is 43.2 Å². The fourth-order valence-corrected chi connectivity index (χ4v) is 15.4. The largest absolute Gasteiger partial charge is 0.417 e. The molecule has 3 aliphatic carbocycles. The summed E-state index contributed by atoms with van der Waals surface area (Å²) in [6.45, 7) is 5.23. The summed E-state index contributed by atoms with van der Waals surface area (Å²) < 4.78 is 41.6. The number of nitrogens with one attached hydrogen (secondary N) is 3. The molecule has 2 aliphatic heterocycles. The van der Waals surface area contributed by atoms with Crippen molar-refractivity contribution in [3.05, 3.63) is 34.3 Å². The SMILES string of the molecule is CC[C@H](C)[C@@H]1NC(=O)[C@H](CC(C)C)N(C)C(=O)C[C@@H](C(=O)N2CCCCC2)N(C)C(=O)[C@H](C2CCCCC2)N(C)C(=O)C2(CCCC2)NC(=O)[C@@H](CO)N(C)C(=O)[C@H](CCc2ccc(C(F)(F)F)c(Cl)c2)NC(=O)CN(C)C(=O)[C@H](CC2CCCCC2)N(C)C(=O)CN(C)C(=O)CN(C)C1=O. The number of likely N-dealkylation sites (tertiary alicyclic amines) is 1. The minimum atomic E-state index is -4.79. The van der Waals surface area contributed by atoms with E-state index >= 15 is 24.0 Å². The van der Waals surface area contributed by atoms with Gasteiger partial charge < -0.3 is 65.2 Å². The number of aryl methyl sites for hydroxylation is 1. The lowest BCUT2D eigenvalue weighted by molar-refractivity contribution is -0.157. The third kappa shape index (κ3) is 21.5. The number of aliphatic hydroxyl groups excluding tert-OH is 1. The molecule has 1 aromatic rings. The van der Waals surface area contributed by atoms with E-state index in [1.165, 1.54) is 76.0 Å². The van der Waals surface area contributed by atoms with Gasteiger partial charge in [0.2, 0.25) is 70.9 Å². The molecule has 1 aromatic carbocycles. The average Bonchev–Trinajstić information content (AvgIpc) is 1.77. The lowest BCUT2D eigenvalue weighted by Crippen LogP contribution is -2.66. The van der Waals surface area contributed by atoms with E-state index in [0.717, 1.165) is 82.7 Å². The van der Waals surface area contributed by atoms with Gasteiger partial charge in [-0.05, 0) is 112 Å². The molecule has 29 heteroatoms. The van der Waals surface area contributed by atoms with Gasteiger partial charge in [0.25, 0.3) is 0 Å². The van der Waals surface area contributed by atoms with Crippen molar-refractivity contribution in [2.24, 2.45) is 23.7 Å². The topological polar surface area (TPSA) is 290 Å². The van der Waals surface area contributed by atoms with E-state index in [0.29, 0.717) is 70.9 Å². The first-order valence-electron chi connectivity index (χ1n) is 36.3. The predicted molar refractivity (Wildman–Crippen MR) is 372 cm³/mol. The Kier molecular flexibility index (Phi) is 30.7. The van der Waals surface area contributed by atoms with Gasteiger partial charge in [0.15, 0.2) is 0 Å².